The molecule has 11 heteroatoms. The molecular formula is C24H20BrF3N2O4S. The van der Waals surface area contributed by atoms with Crippen LogP contribution in [0.2, 0.25) is 0 Å². The highest BCUT2D eigenvalue weighted by molar-refractivity contribution is 9.10. The summed E-state index contributed by atoms with van der Waals surface area (Å²) in [6, 6.07) is 7.64. The maximum Gasteiger partial charge on any atom is 0.234 e. The number of hydrogen-bond donors (Lipinski definition) is 0. The van der Waals surface area contributed by atoms with Crippen LogP contribution in [-0.4, -0.2) is 32.7 Å². The van der Waals surface area contributed by atoms with Crippen molar-refractivity contribution in [3.63, 3.8) is 0 Å². The third-order valence-corrected chi connectivity index (χ3v) is 7.44. The van der Waals surface area contributed by atoms with Gasteiger partial charge < -0.3 is 9.64 Å². The van der Waals surface area contributed by atoms with E-state index in [4.69, 9.17) is 4.74 Å². The number of methoxy groups -OCH3 is 1. The molecule has 1 unspecified atom stereocenters. The molecule has 0 bridgehead atoms. The van der Waals surface area contributed by atoms with Gasteiger partial charge in [0.1, 0.15) is 22.3 Å². The first kappa shape index (κ1) is 25.2. The van der Waals surface area contributed by atoms with E-state index in [9.17, 15) is 26.4 Å². The zero-order chi connectivity index (χ0) is 25.5. The minimum absolute atomic E-state index is 0.123. The fourth-order valence-electron chi connectivity index (χ4n) is 4.18. The average Bonchev–Trinajstić information content (AvgIpc) is 2.92. The molecule has 0 N–H and O–H groups in total. The van der Waals surface area contributed by atoms with Crippen molar-refractivity contribution < 1.29 is 31.1 Å². The van der Waals surface area contributed by atoms with Gasteiger partial charge in [-0.3, -0.25) is 4.79 Å². The number of halogens is 4. The molecule has 0 saturated carbocycles. The number of aromatic nitrogens is 1. The number of pyridine rings is 1. The second-order valence-electron chi connectivity index (χ2n) is 8.15. The van der Waals surface area contributed by atoms with Crippen molar-refractivity contribution in [1.82, 2.24) is 4.98 Å². The first-order valence-electron chi connectivity index (χ1n) is 10.5. The molecule has 0 aliphatic carbocycles. The summed E-state index contributed by atoms with van der Waals surface area (Å²) < 4.78 is 73.9. The number of hydrogen-bond acceptors (Lipinski definition) is 5. The van der Waals surface area contributed by atoms with Crippen LogP contribution in [0.1, 0.15) is 29.0 Å². The van der Waals surface area contributed by atoms with Crippen LogP contribution in [-0.2, 0) is 27.6 Å². The summed E-state index contributed by atoms with van der Waals surface area (Å²) in [5, 5.41) is 0. The summed E-state index contributed by atoms with van der Waals surface area (Å²) in [6.45, 7) is -0.487. The van der Waals surface area contributed by atoms with Crippen LogP contribution < -0.4 is 9.64 Å². The Morgan fingerprint density at radius 1 is 1.14 bits per heavy atom. The Balaban J connectivity index is 1.84. The molecule has 2 heterocycles. The number of ether oxygens (including phenoxy) is 1. The van der Waals surface area contributed by atoms with Crippen molar-refractivity contribution in [3.05, 3.63) is 81.2 Å². The highest BCUT2D eigenvalue weighted by Gasteiger charge is 2.34. The standard InChI is InChI=1S/C24H20BrF3N2O4S/c1-34-23-22(35(2,32)33)8-13(11-29-23)15-6-7-16-18(26)4-3-5-21(16)30(24(15)31)12-17-19(27)9-14(25)10-20(17)28/h3-5,8-11,15H,6-7,12H2,1-2H3. The Morgan fingerprint density at radius 2 is 1.83 bits per heavy atom. The number of benzene rings is 2. The van der Waals surface area contributed by atoms with Gasteiger partial charge in [-0.1, -0.05) is 22.0 Å². The number of rotatable bonds is 5. The maximum atomic E-state index is 14.8. The number of fused-ring (bicyclic) bond motifs is 1. The summed E-state index contributed by atoms with van der Waals surface area (Å²) in [7, 11) is -2.47. The fourth-order valence-corrected chi connectivity index (χ4v) is 5.38. The summed E-state index contributed by atoms with van der Waals surface area (Å²) in [4.78, 5) is 18.8. The predicted molar refractivity (Wildman–Crippen MR) is 127 cm³/mol. The SMILES string of the molecule is COc1ncc(C2CCc3c(F)cccc3N(Cc3c(F)cc(Br)cc3F)C2=O)cc1S(C)(=O)=O. The normalized spacial score (nSPS) is 16.1. The Bertz CT molecular complexity index is 1410. The van der Waals surface area contributed by atoms with Crippen LogP contribution in [0, 0.1) is 17.5 Å². The third kappa shape index (κ3) is 4.92. The van der Waals surface area contributed by atoms with Crippen molar-refractivity contribution in [2.24, 2.45) is 0 Å². The molecule has 1 aliphatic heterocycles. The van der Waals surface area contributed by atoms with Gasteiger partial charge in [0.05, 0.1) is 25.3 Å². The zero-order valence-electron chi connectivity index (χ0n) is 18.7. The molecule has 0 radical (unpaired) electrons. The van der Waals surface area contributed by atoms with Gasteiger partial charge in [-0.2, -0.15) is 0 Å². The van der Waals surface area contributed by atoms with Crippen LogP contribution in [0.3, 0.4) is 0 Å². The minimum Gasteiger partial charge on any atom is -0.480 e. The van der Waals surface area contributed by atoms with E-state index in [2.05, 4.69) is 20.9 Å². The number of carbonyl (C=O) groups is 1. The van der Waals surface area contributed by atoms with Gasteiger partial charge in [-0.25, -0.2) is 26.6 Å². The second kappa shape index (κ2) is 9.62. The van der Waals surface area contributed by atoms with Crippen molar-refractivity contribution in [3.8, 4) is 5.88 Å². The number of nitrogens with zero attached hydrogens (tertiary/aromatic N) is 2. The van der Waals surface area contributed by atoms with Gasteiger partial charge in [0, 0.05) is 28.1 Å². The molecule has 0 saturated heterocycles. The largest absolute Gasteiger partial charge is 0.480 e. The van der Waals surface area contributed by atoms with Crippen LogP contribution in [0.5, 0.6) is 5.88 Å². The van der Waals surface area contributed by atoms with E-state index in [-0.39, 0.29) is 50.5 Å². The van der Waals surface area contributed by atoms with Gasteiger partial charge in [-0.15, -0.1) is 0 Å². The Morgan fingerprint density at radius 3 is 2.46 bits per heavy atom. The molecule has 4 rings (SSSR count). The molecule has 184 valence electrons. The molecule has 1 aliphatic rings. The van der Waals surface area contributed by atoms with E-state index in [0.29, 0.717) is 0 Å². The first-order chi connectivity index (χ1) is 16.5. The van der Waals surface area contributed by atoms with E-state index < -0.39 is 45.7 Å². The lowest BCUT2D eigenvalue weighted by Crippen LogP contribution is -2.34. The van der Waals surface area contributed by atoms with Crippen LogP contribution >= 0.6 is 15.9 Å². The number of amides is 1. The van der Waals surface area contributed by atoms with Gasteiger partial charge in [0.25, 0.3) is 0 Å². The molecule has 1 atom stereocenters. The van der Waals surface area contributed by atoms with Crippen molar-refractivity contribution >= 4 is 37.4 Å². The van der Waals surface area contributed by atoms with Crippen molar-refractivity contribution in [2.45, 2.75) is 30.2 Å². The Kier molecular flexibility index (Phi) is 6.92. The number of anilines is 1. The van der Waals surface area contributed by atoms with E-state index >= 15 is 0 Å². The van der Waals surface area contributed by atoms with E-state index in [0.717, 1.165) is 23.3 Å². The first-order valence-corrected chi connectivity index (χ1v) is 13.2. The fraction of sp³-hybridized carbons (Fsp3) is 0.250. The molecule has 3 aromatic rings. The maximum absolute atomic E-state index is 14.8. The van der Waals surface area contributed by atoms with Crippen molar-refractivity contribution in [2.75, 3.05) is 18.3 Å². The lowest BCUT2D eigenvalue weighted by Gasteiger charge is -2.27. The summed E-state index contributed by atoms with van der Waals surface area (Å²) in [5.41, 5.74) is 0.336. The topological polar surface area (TPSA) is 76.6 Å². The van der Waals surface area contributed by atoms with Crippen molar-refractivity contribution in [1.29, 1.82) is 0 Å². The number of carbonyl (C=O) groups excluding carboxylic acids is 1. The highest BCUT2D eigenvalue weighted by atomic mass is 79.9. The summed E-state index contributed by atoms with van der Waals surface area (Å²) >= 11 is 3.03. The molecule has 1 aromatic heterocycles. The molecule has 2 aromatic carbocycles. The molecule has 0 fully saturated rings. The molecule has 0 spiro atoms. The van der Waals surface area contributed by atoms with Gasteiger partial charge >= 0.3 is 0 Å². The van der Waals surface area contributed by atoms with Crippen LogP contribution in [0.15, 0.2) is 52.0 Å². The minimum atomic E-state index is -3.75. The van der Waals surface area contributed by atoms with Gasteiger partial charge in [0.2, 0.25) is 11.8 Å². The van der Waals surface area contributed by atoms with E-state index in [1.165, 1.54) is 37.6 Å². The molecule has 35 heavy (non-hydrogen) atoms. The lowest BCUT2D eigenvalue weighted by atomic mass is 9.93. The lowest BCUT2D eigenvalue weighted by molar-refractivity contribution is -0.120. The van der Waals surface area contributed by atoms with E-state index in [1.807, 2.05) is 0 Å². The highest BCUT2D eigenvalue weighted by Crippen LogP contribution is 2.38. The van der Waals surface area contributed by atoms with Gasteiger partial charge in [0.15, 0.2) is 9.84 Å². The monoisotopic (exact) mass is 568 g/mol. The Hall–Kier alpha value is -2.92. The van der Waals surface area contributed by atoms with Crippen LogP contribution in [0.4, 0.5) is 18.9 Å². The predicted octanol–water partition coefficient (Wildman–Crippen LogP) is 4.94. The summed E-state index contributed by atoms with van der Waals surface area (Å²) in [5.74, 6) is -3.92. The van der Waals surface area contributed by atoms with Crippen LogP contribution in [0.25, 0.3) is 0 Å². The molecule has 6 nitrogen and oxygen atoms in total. The zero-order valence-corrected chi connectivity index (χ0v) is 21.1. The second-order valence-corrected chi connectivity index (χ2v) is 11.0. The average molecular weight is 569 g/mol. The van der Waals surface area contributed by atoms with E-state index in [1.54, 1.807) is 0 Å². The third-order valence-electron chi connectivity index (χ3n) is 5.89. The smallest absolute Gasteiger partial charge is 0.234 e. The number of sulfone groups is 1. The summed E-state index contributed by atoms with van der Waals surface area (Å²) in [6.07, 6.45) is 2.58. The quantitative estimate of drug-likeness (QED) is 0.436. The molecular weight excluding hydrogens is 549 g/mol. The molecule has 1 amide bonds. The van der Waals surface area contributed by atoms with Gasteiger partial charge in [-0.05, 0) is 48.7 Å². The Labute approximate surface area is 208 Å².